The van der Waals surface area contributed by atoms with Crippen LogP contribution in [0.3, 0.4) is 0 Å². The number of hydrogen-bond donors (Lipinski definition) is 2. The van der Waals surface area contributed by atoms with Crippen LogP contribution in [0.4, 0.5) is 0 Å². The van der Waals surface area contributed by atoms with E-state index in [-0.39, 0.29) is 12.4 Å². The molecule has 0 radical (unpaired) electrons. The van der Waals surface area contributed by atoms with Gasteiger partial charge < -0.3 is 19.5 Å². The Hall–Kier alpha value is -1.30. The van der Waals surface area contributed by atoms with Gasteiger partial charge in [-0.25, -0.2) is 0 Å². The van der Waals surface area contributed by atoms with Crippen LogP contribution in [-0.2, 0) is 9.31 Å². The highest BCUT2D eigenvalue weighted by Crippen LogP contribution is 2.39. The highest BCUT2D eigenvalue weighted by atomic mass is 16.7. The quantitative estimate of drug-likeness (QED) is 0.843. The summed E-state index contributed by atoms with van der Waals surface area (Å²) in [5, 5.41) is 19.4. The number of rotatable bonds is 3. The lowest BCUT2D eigenvalue weighted by molar-refractivity contribution is 0.00578. The summed E-state index contributed by atoms with van der Waals surface area (Å²) in [6.45, 7) is 11.7. The van der Waals surface area contributed by atoms with Gasteiger partial charge in [-0.15, -0.1) is 0 Å². The smallest absolute Gasteiger partial charge is 0.492 e. The van der Waals surface area contributed by atoms with Gasteiger partial charge in [0, 0.05) is 0 Å². The van der Waals surface area contributed by atoms with E-state index in [1.807, 2.05) is 47.6 Å². The standard InChI is InChI=1S/C17H25BO4/c1-11-7-14(20)8-12(2)15(11)9-13(10-19)18-21-16(3,4)17(5,6)22-18/h7-9,19-20H,10H2,1-6H3. The van der Waals surface area contributed by atoms with Crippen molar-refractivity contribution in [2.75, 3.05) is 6.61 Å². The van der Waals surface area contributed by atoms with E-state index in [1.165, 1.54) is 0 Å². The molecule has 1 aromatic carbocycles. The van der Waals surface area contributed by atoms with E-state index >= 15 is 0 Å². The fourth-order valence-corrected chi connectivity index (χ4v) is 2.55. The number of aliphatic hydroxyl groups excluding tert-OH is 1. The van der Waals surface area contributed by atoms with E-state index in [0.717, 1.165) is 16.7 Å². The third-order valence-corrected chi connectivity index (χ3v) is 4.65. The summed E-state index contributed by atoms with van der Waals surface area (Å²) in [5.74, 6) is 0.244. The zero-order valence-corrected chi connectivity index (χ0v) is 14.2. The Morgan fingerprint density at radius 1 is 1.09 bits per heavy atom. The number of benzene rings is 1. The van der Waals surface area contributed by atoms with E-state index in [0.29, 0.717) is 5.47 Å². The first kappa shape index (κ1) is 17.1. The van der Waals surface area contributed by atoms with Gasteiger partial charge in [0.15, 0.2) is 0 Å². The molecule has 4 nitrogen and oxygen atoms in total. The Morgan fingerprint density at radius 3 is 1.95 bits per heavy atom. The molecular formula is C17H25BO4. The van der Waals surface area contributed by atoms with Crippen LogP contribution in [0.5, 0.6) is 5.75 Å². The second kappa shape index (κ2) is 5.72. The van der Waals surface area contributed by atoms with Gasteiger partial charge in [0.2, 0.25) is 0 Å². The first-order valence-electron chi connectivity index (χ1n) is 7.54. The average molecular weight is 304 g/mol. The summed E-state index contributed by atoms with van der Waals surface area (Å²) in [4.78, 5) is 0. The fourth-order valence-electron chi connectivity index (χ4n) is 2.55. The van der Waals surface area contributed by atoms with Crippen molar-refractivity contribution in [3.63, 3.8) is 0 Å². The molecule has 0 unspecified atom stereocenters. The van der Waals surface area contributed by atoms with E-state index in [2.05, 4.69) is 0 Å². The van der Waals surface area contributed by atoms with Gasteiger partial charge in [-0.2, -0.15) is 0 Å². The summed E-state index contributed by atoms with van der Waals surface area (Å²) in [5.41, 5.74) is 2.66. The first-order chi connectivity index (χ1) is 10.1. The largest absolute Gasteiger partial charge is 0.508 e. The molecule has 0 spiro atoms. The predicted octanol–water partition coefficient (Wildman–Crippen LogP) is 3.02. The lowest BCUT2D eigenvalue weighted by Crippen LogP contribution is -2.41. The summed E-state index contributed by atoms with van der Waals surface area (Å²) in [7, 11) is -0.567. The zero-order chi connectivity index (χ0) is 16.7. The second-order valence-corrected chi connectivity index (χ2v) is 6.96. The highest BCUT2D eigenvalue weighted by molar-refractivity contribution is 6.55. The van der Waals surface area contributed by atoms with E-state index < -0.39 is 18.3 Å². The maximum absolute atomic E-state index is 9.75. The van der Waals surface area contributed by atoms with Gasteiger partial charge >= 0.3 is 7.12 Å². The Morgan fingerprint density at radius 2 is 1.55 bits per heavy atom. The normalized spacial score (nSPS) is 20.5. The molecule has 1 aliphatic rings. The topological polar surface area (TPSA) is 58.9 Å². The van der Waals surface area contributed by atoms with Crippen molar-refractivity contribution in [3.8, 4) is 5.75 Å². The van der Waals surface area contributed by atoms with Crippen molar-refractivity contribution in [2.24, 2.45) is 0 Å². The van der Waals surface area contributed by atoms with Crippen LogP contribution >= 0.6 is 0 Å². The minimum absolute atomic E-state index is 0.142. The van der Waals surface area contributed by atoms with Crippen molar-refractivity contribution in [1.29, 1.82) is 0 Å². The van der Waals surface area contributed by atoms with Gasteiger partial charge in [0.05, 0.1) is 17.8 Å². The van der Waals surface area contributed by atoms with Gasteiger partial charge in [-0.05, 0) is 75.8 Å². The monoisotopic (exact) mass is 304 g/mol. The van der Waals surface area contributed by atoms with Crippen molar-refractivity contribution in [2.45, 2.75) is 52.7 Å². The van der Waals surface area contributed by atoms with Crippen molar-refractivity contribution in [1.82, 2.24) is 0 Å². The lowest BCUT2D eigenvalue weighted by Gasteiger charge is -2.32. The maximum atomic E-state index is 9.75. The molecule has 0 bridgehead atoms. The summed E-state index contributed by atoms with van der Waals surface area (Å²) in [6, 6.07) is 3.41. The van der Waals surface area contributed by atoms with Crippen molar-refractivity contribution >= 4 is 13.2 Å². The van der Waals surface area contributed by atoms with E-state index in [1.54, 1.807) is 12.1 Å². The van der Waals surface area contributed by atoms with E-state index in [4.69, 9.17) is 9.31 Å². The SMILES string of the molecule is Cc1cc(O)cc(C)c1C=C(CO)B1OC(C)(C)C(C)(C)O1. The summed E-state index contributed by atoms with van der Waals surface area (Å²) >= 11 is 0. The molecule has 2 N–H and O–H groups in total. The third kappa shape index (κ3) is 3.07. The van der Waals surface area contributed by atoms with Crippen LogP contribution in [0, 0.1) is 13.8 Å². The summed E-state index contributed by atoms with van der Waals surface area (Å²) < 4.78 is 12.0. The molecule has 1 aromatic rings. The molecule has 1 fully saturated rings. The summed E-state index contributed by atoms with van der Waals surface area (Å²) in [6.07, 6.45) is 1.90. The molecule has 0 atom stereocenters. The fraction of sp³-hybridized carbons (Fsp3) is 0.529. The highest BCUT2D eigenvalue weighted by Gasteiger charge is 2.52. The van der Waals surface area contributed by atoms with E-state index in [9.17, 15) is 10.2 Å². The molecule has 0 aliphatic carbocycles. The Kier molecular flexibility index (Phi) is 4.44. The zero-order valence-electron chi connectivity index (χ0n) is 14.2. The van der Waals surface area contributed by atoms with Gasteiger partial charge in [0.1, 0.15) is 5.75 Å². The van der Waals surface area contributed by atoms with Crippen molar-refractivity contribution in [3.05, 3.63) is 34.3 Å². The number of phenolic OH excluding ortho intramolecular Hbond substituents is 1. The van der Waals surface area contributed by atoms with Crippen LogP contribution in [0.2, 0.25) is 0 Å². The van der Waals surface area contributed by atoms with Crippen LogP contribution in [0.15, 0.2) is 17.6 Å². The van der Waals surface area contributed by atoms with Crippen molar-refractivity contribution < 1.29 is 19.5 Å². The molecule has 1 aliphatic heterocycles. The number of aliphatic hydroxyl groups is 1. The minimum Gasteiger partial charge on any atom is -0.508 e. The molecule has 120 valence electrons. The second-order valence-electron chi connectivity index (χ2n) is 6.96. The predicted molar refractivity (Wildman–Crippen MR) is 88.7 cm³/mol. The van der Waals surface area contributed by atoms with Crippen LogP contribution in [0.25, 0.3) is 6.08 Å². The van der Waals surface area contributed by atoms with Gasteiger partial charge in [-0.3, -0.25) is 0 Å². The first-order valence-corrected chi connectivity index (χ1v) is 7.54. The molecule has 0 saturated carbocycles. The molecule has 22 heavy (non-hydrogen) atoms. The molecule has 2 rings (SSSR count). The molecule has 0 aromatic heterocycles. The minimum atomic E-state index is -0.567. The number of aryl methyl sites for hydroxylation is 2. The van der Waals surface area contributed by atoms with Crippen LogP contribution < -0.4 is 0 Å². The molecule has 0 amide bonds. The van der Waals surface area contributed by atoms with Gasteiger partial charge in [-0.1, -0.05) is 6.08 Å². The molecule has 1 heterocycles. The molecule has 1 saturated heterocycles. The molecular weight excluding hydrogens is 279 g/mol. The Balaban J connectivity index is 2.38. The Labute approximate surface area is 132 Å². The molecule has 5 heteroatoms. The number of aromatic hydroxyl groups is 1. The Bertz CT molecular complexity index is 566. The van der Waals surface area contributed by atoms with Gasteiger partial charge in [0.25, 0.3) is 0 Å². The number of phenols is 1. The maximum Gasteiger partial charge on any atom is 0.492 e. The number of hydrogen-bond acceptors (Lipinski definition) is 4. The van der Waals surface area contributed by atoms with Crippen LogP contribution in [-0.4, -0.2) is 35.1 Å². The van der Waals surface area contributed by atoms with Crippen LogP contribution in [0.1, 0.15) is 44.4 Å². The third-order valence-electron chi connectivity index (χ3n) is 4.65. The average Bonchev–Trinajstić information content (AvgIpc) is 2.57. The lowest BCUT2D eigenvalue weighted by atomic mass is 9.77.